The van der Waals surface area contributed by atoms with Crippen molar-refractivity contribution in [1.29, 1.82) is 0 Å². The molecule has 0 aliphatic carbocycles. The van der Waals surface area contributed by atoms with Gasteiger partial charge in [0.05, 0.1) is 18.8 Å². The second kappa shape index (κ2) is 13.3. The number of nitrogens with two attached hydrogens (primary N) is 1. The van der Waals surface area contributed by atoms with Gasteiger partial charge in [0.2, 0.25) is 17.2 Å². The number of unbranched alkanes of at least 4 members (excludes halogenated alkanes) is 1. The van der Waals surface area contributed by atoms with Crippen LogP contribution in [0.25, 0.3) is 0 Å². The highest BCUT2D eigenvalue weighted by Gasteiger charge is 2.25. The molecule has 0 aromatic carbocycles. The van der Waals surface area contributed by atoms with Crippen molar-refractivity contribution in [3.63, 3.8) is 0 Å². The first-order valence-corrected chi connectivity index (χ1v) is 11.7. The number of rotatable bonds is 14. The average molecular weight is 451 g/mol. The summed E-state index contributed by atoms with van der Waals surface area (Å²) in [4.78, 5) is 37.3. The number of nitrogens with zero attached hydrogens (tertiary/aromatic N) is 1. The Kier molecular flexibility index (Phi) is 11.5. The van der Waals surface area contributed by atoms with Crippen LogP contribution in [0.15, 0.2) is 10.9 Å². The maximum absolute atomic E-state index is 12.7. The van der Waals surface area contributed by atoms with Crippen LogP contribution in [0.1, 0.15) is 90.4 Å². The van der Waals surface area contributed by atoms with E-state index in [-0.39, 0.29) is 42.5 Å². The fraction of sp³-hybridized carbons (Fsp3) is 0.708. The minimum absolute atomic E-state index is 0.105. The number of carbonyl (C=O) groups is 2. The van der Waals surface area contributed by atoms with Crippen LogP contribution in [0.3, 0.4) is 0 Å². The van der Waals surface area contributed by atoms with Crippen molar-refractivity contribution in [3.8, 4) is 5.75 Å². The Morgan fingerprint density at radius 1 is 1.22 bits per heavy atom. The second-order valence-corrected chi connectivity index (χ2v) is 8.90. The average Bonchev–Trinajstić information content (AvgIpc) is 2.73. The summed E-state index contributed by atoms with van der Waals surface area (Å²) in [5.41, 5.74) is 6.38. The molecular formula is C24H42N4O4. The van der Waals surface area contributed by atoms with Crippen LogP contribution in [0.4, 0.5) is 0 Å². The monoisotopic (exact) mass is 450 g/mol. The van der Waals surface area contributed by atoms with Gasteiger partial charge in [0.1, 0.15) is 0 Å². The Balaban J connectivity index is 2.91. The summed E-state index contributed by atoms with van der Waals surface area (Å²) in [5.74, 6) is 0.221. The van der Waals surface area contributed by atoms with Gasteiger partial charge in [-0.25, -0.2) is 0 Å². The van der Waals surface area contributed by atoms with Gasteiger partial charge in [0.25, 0.3) is 0 Å². The standard InChI is InChI=1S/C24H42N4O4/c1-7-9-14-32-23-19(28(6)18(17(3)4)15-20(23)29)16-26-21(30)10-12-24(5,8-2)27-22(31)11-13-25/h15,17H,7-14,16,25H2,1-6H3,(H,26,30)(H,27,31). The Morgan fingerprint density at radius 2 is 1.91 bits per heavy atom. The number of amides is 2. The molecule has 182 valence electrons. The third-order valence-electron chi connectivity index (χ3n) is 5.84. The third kappa shape index (κ3) is 8.30. The molecule has 1 heterocycles. The van der Waals surface area contributed by atoms with E-state index in [1.807, 2.05) is 39.3 Å². The molecule has 0 fully saturated rings. The number of pyridine rings is 1. The van der Waals surface area contributed by atoms with Crippen LogP contribution in [0, 0.1) is 0 Å². The predicted molar refractivity (Wildman–Crippen MR) is 128 cm³/mol. The lowest BCUT2D eigenvalue weighted by Gasteiger charge is -2.29. The highest BCUT2D eigenvalue weighted by molar-refractivity contribution is 5.78. The van der Waals surface area contributed by atoms with E-state index >= 15 is 0 Å². The molecule has 0 saturated heterocycles. The highest BCUT2D eigenvalue weighted by Crippen LogP contribution is 2.21. The smallest absolute Gasteiger partial charge is 0.224 e. The summed E-state index contributed by atoms with van der Waals surface area (Å²) in [5, 5.41) is 5.91. The minimum atomic E-state index is -0.470. The number of ether oxygens (including phenoxy) is 1. The van der Waals surface area contributed by atoms with Gasteiger partial charge in [-0.05, 0) is 32.1 Å². The number of nitrogens with one attached hydrogen (secondary N) is 2. The highest BCUT2D eigenvalue weighted by atomic mass is 16.5. The Bertz CT molecular complexity index is 819. The van der Waals surface area contributed by atoms with Crippen molar-refractivity contribution in [2.75, 3.05) is 13.2 Å². The molecule has 1 rings (SSSR count). The molecule has 0 radical (unpaired) electrons. The van der Waals surface area contributed by atoms with Crippen molar-refractivity contribution >= 4 is 11.8 Å². The zero-order valence-electron chi connectivity index (χ0n) is 20.7. The number of hydrogen-bond donors (Lipinski definition) is 3. The summed E-state index contributed by atoms with van der Waals surface area (Å²) in [7, 11) is 1.89. The summed E-state index contributed by atoms with van der Waals surface area (Å²) < 4.78 is 7.75. The summed E-state index contributed by atoms with van der Waals surface area (Å²) in [6.45, 7) is 11.0. The molecule has 32 heavy (non-hydrogen) atoms. The number of hydrogen-bond acceptors (Lipinski definition) is 5. The van der Waals surface area contributed by atoms with E-state index in [2.05, 4.69) is 17.6 Å². The molecule has 1 aromatic heterocycles. The minimum Gasteiger partial charge on any atom is -0.488 e. The molecular weight excluding hydrogens is 408 g/mol. The van der Waals surface area contributed by atoms with E-state index in [0.29, 0.717) is 37.4 Å². The molecule has 0 spiro atoms. The summed E-state index contributed by atoms with van der Waals surface area (Å²) in [6, 6.07) is 1.62. The van der Waals surface area contributed by atoms with Gasteiger partial charge in [-0.3, -0.25) is 14.4 Å². The van der Waals surface area contributed by atoms with Gasteiger partial charge in [-0.15, -0.1) is 0 Å². The van der Waals surface area contributed by atoms with Crippen molar-refractivity contribution in [2.24, 2.45) is 12.8 Å². The topological polar surface area (TPSA) is 115 Å². The molecule has 1 atom stereocenters. The third-order valence-corrected chi connectivity index (χ3v) is 5.84. The van der Waals surface area contributed by atoms with Crippen LogP contribution in [0.5, 0.6) is 5.75 Å². The van der Waals surface area contributed by atoms with Gasteiger partial charge in [0.15, 0.2) is 5.75 Å². The fourth-order valence-corrected chi connectivity index (χ4v) is 3.49. The van der Waals surface area contributed by atoms with E-state index in [1.165, 1.54) is 0 Å². The predicted octanol–water partition coefficient (Wildman–Crippen LogP) is 2.72. The molecule has 8 heteroatoms. The van der Waals surface area contributed by atoms with Crippen LogP contribution in [-0.4, -0.2) is 35.1 Å². The largest absolute Gasteiger partial charge is 0.488 e. The molecule has 2 amide bonds. The van der Waals surface area contributed by atoms with Crippen LogP contribution in [-0.2, 0) is 23.2 Å². The molecule has 0 aliphatic heterocycles. The Morgan fingerprint density at radius 3 is 2.47 bits per heavy atom. The van der Waals surface area contributed by atoms with Gasteiger partial charge in [-0.2, -0.15) is 0 Å². The number of aromatic nitrogens is 1. The molecule has 1 unspecified atom stereocenters. The number of carbonyl (C=O) groups excluding carboxylic acids is 2. The van der Waals surface area contributed by atoms with Crippen molar-refractivity contribution in [3.05, 3.63) is 27.7 Å². The van der Waals surface area contributed by atoms with Gasteiger partial charge < -0.3 is 25.7 Å². The lowest BCUT2D eigenvalue weighted by atomic mass is 9.92. The maximum atomic E-state index is 12.7. The molecule has 1 aromatic rings. The normalized spacial score (nSPS) is 13.0. The quantitative estimate of drug-likeness (QED) is 0.377. The van der Waals surface area contributed by atoms with Crippen LogP contribution < -0.4 is 26.5 Å². The van der Waals surface area contributed by atoms with E-state index in [9.17, 15) is 14.4 Å². The molecule has 8 nitrogen and oxygen atoms in total. The van der Waals surface area contributed by atoms with Gasteiger partial charge in [-0.1, -0.05) is 34.1 Å². The second-order valence-electron chi connectivity index (χ2n) is 8.90. The first-order chi connectivity index (χ1) is 15.1. The zero-order chi connectivity index (χ0) is 24.3. The SMILES string of the molecule is CCCCOc1c(CNC(=O)CCC(C)(CC)NC(=O)CCN)n(C)c(C(C)C)cc1=O. The Hall–Kier alpha value is -2.35. The van der Waals surface area contributed by atoms with Crippen molar-refractivity contribution in [1.82, 2.24) is 15.2 Å². The summed E-state index contributed by atoms with van der Waals surface area (Å²) >= 11 is 0. The van der Waals surface area contributed by atoms with Crippen molar-refractivity contribution in [2.45, 2.75) is 91.1 Å². The van der Waals surface area contributed by atoms with Crippen LogP contribution in [0.2, 0.25) is 0 Å². The van der Waals surface area contributed by atoms with Gasteiger partial charge in [0, 0.05) is 43.7 Å². The fourth-order valence-electron chi connectivity index (χ4n) is 3.49. The lowest BCUT2D eigenvalue weighted by molar-refractivity contribution is -0.124. The van der Waals surface area contributed by atoms with E-state index in [0.717, 1.165) is 18.5 Å². The van der Waals surface area contributed by atoms with E-state index in [4.69, 9.17) is 10.5 Å². The molecule has 0 aliphatic rings. The van der Waals surface area contributed by atoms with Crippen molar-refractivity contribution < 1.29 is 14.3 Å². The molecule has 0 bridgehead atoms. The summed E-state index contributed by atoms with van der Waals surface area (Å²) in [6.07, 6.45) is 3.56. The lowest BCUT2D eigenvalue weighted by Crippen LogP contribution is -2.46. The van der Waals surface area contributed by atoms with Gasteiger partial charge >= 0.3 is 0 Å². The molecule has 4 N–H and O–H groups in total. The molecule has 0 saturated carbocycles. The van der Waals surface area contributed by atoms with Crippen LogP contribution >= 0.6 is 0 Å². The first kappa shape index (κ1) is 27.7. The Labute approximate surface area is 192 Å². The van der Waals surface area contributed by atoms with E-state index < -0.39 is 5.54 Å². The zero-order valence-corrected chi connectivity index (χ0v) is 20.7. The first-order valence-electron chi connectivity index (χ1n) is 11.7. The maximum Gasteiger partial charge on any atom is 0.224 e. The van der Waals surface area contributed by atoms with E-state index in [1.54, 1.807) is 6.07 Å².